The highest BCUT2D eigenvalue weighted by atomic mass is 79.9. The third-order valence-electron chi connectivity index (χ3n) is 1.73. The molecule has 0 aromatic heterocycles. The molecular weight excluding hydrogens is 274 g/mol. The first-order chi connectivity index (χ1) is 7.08. The van der Waals surface area contributed by atoms with Crippen LogP contribution >= 0.6 is 28.1 Å². The summed E-state index contributed by atoms with van der Waals surface area (Å²) < 4.78 is 1.07. The molecule has 0 bridgehead atoms. The van der Waals surface area contributed by atoms with Crippen molar-refractivity contribution in [3.63, 3.8) is 0 Å². The highest BCUT2D eigenvalue weighted by Gasteiger charge is 1.96. The van der Waals surface area contributed by atoms with E-state index in [9.17, 15) is 0 Å². The summed E-state index contributed by atoms with van der Waals surface area (Å²) in [6.45, 7) is 1.92. The molecule has 0 atom stereocenters. The Bertz CT molecular complexity index is 373. The van der Waals surface area contributed by atoms with Crippen LogP contribution in [-0.2, 0) is 6.42 Å². The standard InChI is InChI=1S/C10H12BrN3S/c1-7(13-14-10(12)15)6-8-2-4-9(11)5-3-8/h2-5H,6H2,1H3,(H3,12,14,15)/b13-7-. The average molecular weight is 286 g/mol. The largest absolute Gasteiger partial charge is 0.375 e. The maximum absolute atomic E-state index is 5.26. The summed E-state index contributed by atoms with van der Waals surface area (Å²) >= 11 is 8.03. The molecule has 0 unspecified atom stereocenters. The Morgan fingerprint density at radius 3 is 2.60 bits per heavy atom. The van der Waals surface area contributed by atoms with Crippen molar-refractivity contribution in [3.8, 4) is 0 Å². The quantitative estimate of drug-likeness (QED) is 0.509. The minimum atomic E-state index is 0.185. The topological polar surface area (TPSA) is 50.4 Å². The summed E-state index contributed by atoms with van der Waals surface area (Å²) in [6.07, 6.45) is 0.781. The summed E-state index contributed by atoms with van der Waals surface area (Å²) in [5, 5.41) is 4.22. The number of nitrogens with two attached hydrogens (primary N) is 1. The van der Waals surface area contributed by atoms with Crippen LogP contribution < -0.4 is 11.2 Å². The molecule has 3 N–H and O–H groups in total. The van der Waals surface area contributed by atoms with Crippen molar-refractivity contribution < 1.29 is 0 Å². The van der Waals surface area contributed by atoms with E-state index in [1.165, 1.54) is 5.56 Å². The van der Waals surface area contributed by atoms with E-state index < -0.39 is 0 Å². The first-order valence-electron chi connectivity index (χ1n) is 4.41. The monoisotopic (exact) mass is 285 g/mol. The predicted molar refractivity (Wildman–Crippen MR) is 70.9 cm³/mol. The summed E-state index contributed by atoms with van der Waals surface area (Å²) in [4.78, 5) is 0. The Kier molecular flexibility index (Phi) is 4.71. The number of benzene rings is 1. The predicted octanol–water partition coefficient (Wildman–Crippen LogP) is 2.20. The van der Waals surface area contributed by atoms with Gasteiger partial charge in [0.2, 0.25) is 0 Å². The van der Waals surface area contributed by atoms with Crippen molar-refractivity contribution in [1.29, 1.82) is 0 Å². The van der Waals surface area contributed by atoms with Gasteiger partial charge < -0.3 is 5.73 Å². The van der Waals surface area contributed by atoms with E-state index in [0.717, 1.165) is 16.6 Å². The number of rotatable bonds is 3. The Balaban J connectivity index is 2.58. The van der Waals surface area contributed by atoms with Crippen LogP contribution in [0.5, 0.6) is 0 Å². The second-order valence-corrected chi connectivity index (χ2v) is 4.48. The molecule has 0 heterocycles. The fraction of sp³-hybridized carbons (Fsp3) is 0.200. The molecule has 1 aromatic rings. The number of hydrogen-bond donors (Lipinski definition) is 2. The molecule has 5 heteroatoms. The Hall–Kier alpha value is -0.940. The number of halogens is 1. The van der Waals surface area contributed by atoms with Gasteiger partial charge in [0.15, 0.2) is 5.11 Å². The third kappa shape index (κ3) is 4.90. The van der Waals surface area contributed by atoms with Crippen LogP contribution in [0.4, 0.5) is 0 Å². The zero-order chi connectivity index (χ0) is 11.3. The van der Waals surface area contributed by atoms with Gasteiger partial charge in [-0.15, -0.1) is 0 Å². The molecule has 1 aromatic carbocycles. The zero-order valence-electron chi connectivity index (χ0n) is 8.33. The Morgan fingerprint density at radius 2 is 2.07 bits per heavy atom. The molecule has 0 radical (unpaired) electrons. The SMILES string of the molecule is C/C(Cc1ccc(Br)cc1)=N/NC(N)=S. The van der Waals surface area contributed by atoms with Crippen molar-refractivity contribution >= 4 is 39.0 Å². The van der Waals surface area contributed by atoms with Crippen molar-refractivity contribution in [1.82, 2.24) is 5.43 Å². The normalized spacial score (nSPS) is 11.2. The van der Waals surface area contributed by atoms with Crippen LogP contribution in [-0.4, -0.2) is 10.8 Å². The number of nitrogens with one attached hydrogen (secondary N) is 1. The lowest BCUT2D eigenvalue weighted by molar-refractivity contribution is 1.01. The van der Waals surface area contributed by atoms with E-state index in [0.29, 0.717) is 0 Å². The molecule has 3 nitrogen and oxygen atoms in total. The fourth-order valence-electron chi connectivity index (χ4n) is 1.09. The van der Waals surface area contributed by atoms with Crippen LogP contribution in [0.3, 0.4) is 0 Å². The van der Waals surface area contributed by atoms with Gasteiger partial charge in [0.1, 0.15) is 0 Å². The smallest absolute Gasteiger partial charge is 0.184 e. The van der Waals surface area contributed by atoms with Gasteiger partial charge in [0, 0.05) is 16.6 Å². The maximum atomic E-state index is 5.26. The Labute approximate surface area is 103 Å². The van der Waals surface area contributed by atoms with Crippen LogP contribution in [0.25, 0.3) is 0 Å². The minimum absolute atomic E-state index is 0.185. The zero-order valence-corrected chi connectivity index (χ0v) is 10.7. The molecule has 1 rings (SSSR count). The number of thiocarbonyl (C=S) groups is 1. The highest BCUT2D eigenvalue weighted by molar-refractivity contribution is 9.10. The van der Waals surface area contributed by atoms with Crippen molar-refractivity contribution in [2.75, 3.05) is 0 Å². The van der Waals surface area contributed by atoms with Crippen molar-refractivity contribution in [2.24, 2.45) is 10.8 Å². The van der Waals surface area contributed by atoms with Gasteiger partial charge in [-0.3, -0.25) is 5.43 Å². The van der Waals surface area contributed by atoms with Gasteiger partial charge in [-0.25, -0.2) is 0 Å². The second kappa shape index (κ2) is 5.82. The average Bonchev–Trinajstić information content (AvgIpc) is 2.19. The van der Waals surface area contributed by atoms with E-state index in [1.807, 2.05) is 31.2 Å². The molecular formula is C10H12BrN3S. The lowest BCUT2D eigenvalue weighted by Crippen LogP contribution is -2.25. The summed E-state index contributed by atoms with van der Waals surface area (Å²) in [7, 11) is 0. The van der Waals surface area contributed by atoms with Gasteiger partial charge in [-0.2, -0.15) is 5.10 Å². The lowest BCUT2D eigenvalue weighted by atomic mass is 10.1. The van der Waals surface area contributed by atoms with Crippen molar-refractivity contribution in [2.45, 2.75) is 13.3 Å². The first-order valence-corrected chi connectivity index (χ1v) is 5.61. The molecule has 15 heavy (non-hydrogen) atoms. The van der Waals surface area contributed by atoms with E-state index in [1.54, 1.807) is 0 Å². The van der Waals surface area contributed by atoms with Gasteiger partial charge in [-0.1, -0.05) is 28.1 Å². The highest BCUT2D eigenvalue weighted by Crippen LogP contribution is 2.11. The molecule has 0 aliphatic rings. The van der Waals surface area contributed by atoms with Crippen LogP contribution in [0.15, 0.2) is 33.8 Å². The molecule has 80 valence electrons. The molecule has 0 aliphatic carbocycles. The number of hydrazone groups is 1. The minimum Gasteiger partial charge on any atom is -0.375 e. The Morgan fingerprint density at radius 1 is 1.47 bits per heavy atom. The molecule has 0 aliphatic heterocycles. The van der Waals surface area contributed by atoms with Crippen LogP contribution in [0.2, 0.25) is 0 Å². The molecule has 0 saturated heterocycles. The molecule has 0 saturated carbocycles. The van der Waals surface area contributed by atoms with E-state index in [4.69, 9.17) is 5.73 Å². The van der Waals surface area contributed by atoms with E-state index in [2.05, 4.69) is 38.7 Å². The molecule has 0 spiro atoms. The summed E-state index contributed by atoms with van der Waals surface area (Å²) in [6, 6.07) is 8.10. The van der Waals surface area contributed by atoms with Gasteiger partial charge in [-0.05, 0) is 36.8 Å². The summed E-state index contributed by atoms with van der Waals surface area (Å²) in [5.41, 5.74) is 9.96. The van der Waals surface area contributed by atoms with E-state index >= 15 is 0 Å². The molecule has 0 amide bonds. The number of hydrogen-bond acceptors (Lipinski definition) is 2. The lowest BCUT2D eigenvalue weighted by Gasteiger charge is -2.02. The molecule has 0 fully saturated rings. The van der Waals surface area contributed by atoms with Crippen molar-refractivity contribution in [3.05, 3.63) is 34.3 Å². The summed E-state index contributed by atoms with van der Waals surface area (Å²) in [5.74, 6) is 0. The van der Waals surface area contributed by atoms with Crippen LogP contribution in [0.1, 0.15) is 12.5 Å². The second-order valence-electron chi connectivity index (χ2n) is 3.13. The maximum Gasteiger partial charge on any atom is 0.184 e. The fourth-order valence-corrected chi connectivity index (χ4v) is 1.40. The van der Waals surface area contributed by atoms with Crippen LogP contribution in [0, 0.1) is 0 Å². The van der Waals surface area contributed by atoms with Gasteiger partial charge >= 0.3 is 0 Å². The number of nitrogens with zero attached hydrogens (tertiary/aromatic N) is 1. The third-order valence-corrected chi connectivity index (χ3v) is 2.35. The van der Waals surface area contributed by atoms with Gasteiger partial charge in [0.05, 0.1) is 0 Å². The van der Waals surface area contributed by atoms with Gasteiger partial charge in [0.25, 0.3) is 0 Å². The first kappa shape index (κ1) is 12.1. The van der Waals surface area contributed by atoms with E-state index in [-0.39, 0.29) is 5.11 Å².